The maximum atomic E-state index is 9.45. The molecule has 0 saturated carbocycles. The molecular formula is C18H22O. The average Bonchev–Trinajstić information content (AvgIpc) is 2.49. The zero-order valence-corrected chi connectivity index (χ0v) is 11.7. The van der Waals surface area contributed by atoms with Gasteiger partial charge in [-0.1, -0.05) is 74.5 Å². The fourth-order valence-electron chi connectivity index (χ4n) is 2.62. The van der Waals surface area contributed by atoms with Gasteiger partial charge in [-0.15, -0.1) is 0 Å². The molecular weight excluding hydrogens is 232 g/mol. The van der Waals surface area contributed by atoms with Gasteiger partial charge in [0, 0.05) is 12.5 Å². The van der Waals surface area contributed by atoms with Gasteiger partial charge in [-0.25, -0.2) is 0 Å². The van der Waals surface area contributed by atoms with Crippen LogP contribution in [0.25, 0.3) is 0 Å². The number of hydrogen-bond acceptors (Lipinski definition) is 1. The largest absolute Gasteiger partial charge is 0.396 e. The molecule has 0 aliphatic rings. The van der Waals surface area contributed by atoms with Gasteiger partial charge in [0.25, 0.3) is 0 Å². The van der Waals surface area contributed by atoms with E-state index in [1.807, 2.05) is 12.1 Å². The quantitative estimate of drug-likeness (QED) is 0.852. The van der Waals surface area contributed by atoms with Crippen molar-refractivity contribution in [3.63, 3.8) is 0 Å². The lowest BCUT2D eigenvalue weighted by Gasteiger charge is -2.29. The monoisotopic (exact) mass is 254 g/mol. The molecule has 2 atom stereocenters. The van der Waals surface area contributed by atoms with Crippen molar-refractivity contribution in [2.75, 3.05) is 6.61 Å². The summed E-state index contributed by atoms with van der Waals surface area (Å²) in [6, 6.07) is 21.1. The van der Waals surface area contributed by atoms with Crippen molar-refractivity contribution in [3.05, 3.63) is 71.8 Å². The van der Waals surface area contributed by atoms with Crippen LogP contribution in [-0.2, 0) is 0 Å². The highest BCUT2D eigenvalue weighted by atomic mass is 16.3. The third kappa shape index (κ3) is 3.24. The Bertz CT molecular complexity index is 438. The van der Waals surface area contributed by atoms with Gasteiger partial charge in [0.05, 0.1) is 0 Å². The van der Waals surface area contributed by atoms with E-state index in [-0.39, 0.29) is 12.5 Å². The van der Waals surface area contributed by atoms with E-state index >= 15 is 0 Å². The van der Waals surface area contributed by atoms with Crippen LogP contribution in [0.2, 0.25) is 0 Å². The van der Waals surface area contributed by atoms with Crippen LogP contribution in [0, 0.1) is 11.8 Å². The van der Waals surface area contributed by atoms with Crippen molar-refractivity contribution in [3.8, 4) is 0 Å². The molecule has 0 aliphatic heterocycles. The Kier molecular flexibility index (Phi) is 4.75. The van der Waals surface area contributed by atoms with E-state index in [1.165, 1.54) is 11.1 Å². The molecule has 0 saturated heterocycles. The zero-order chi connectivity index (χ0) is 13.7. The lowest BCUT2D eigenvalue weighted by Crippen LogP contribution is -2.21. The number of rotatable bonds is 5. The summed E-state index contributed by atoms with van der Waals surface area (Å²) in [5, 5.41) is 9.45. The first kappa shape index (κ1) is 13.8. The molecule has 2 rings (SSSR count). The SMILES string of the molecule is C[C@H](CO)[C@@H](C)C(c1ccccc1)c1ccccc1. The van der Waals surface area contributed by atoms with Gasteiger partial charge in [-0.3, -0.25) is 0 Å². The number of benzene rings is 2. The maximum Gasteiger partial charge on any atom is 0.0459 e. The van der Waals surface area contributed by atoms with Gasteiger partial charge in [0.2, 0.25) is 0 Å². The van der Waals surface area contributed by atoms with Crippen molar-refractivity contribution >= 4 is 0 Å². The lowest BCUT2D eigenvalue weighted by atomic mass is 9.76. The Morgan fingerprint density at radius 2 is 1.21 bits per heavy atom. The van der Waals surface area contributed by atoms with Crippen molar-refractivity contribution < 1.29 is 5.11 Å². The number of hydrogen-bond donors (Lipinski definition) is 1. The highest BCUT2D eigenvalue weighted by Gasteiger charge is 2.25. The Hall–Kier alpha value is -1.60. The van der Waals surface area contributed by atoms with E-state index in [0.29, 0.717) is 11.8 Å². The van der Waals surface area contributed by atoms with Crippen LogP contribution >= 0.6 is 0 Å². The molecule has 0 bridgehead atoms. The third-order valence-electron chi connectivity index (χ3n) is 4.03. The van der Waals surface area contributed by atoms with Gasteiger partial charge in [-0.05, 0) is 23.0 Å². The zero-order valence-electron chi connectivity index (χ0n) is 11.7. The number of aliphatic hydroxyl groups excluding tert-OH is 1. The van der Waals surface area contributed by atoms with Crippen LogP contribution in [0.1, 0.15) is 30.9 Å². The minimum Gasteiger partial charge on any atom is -0.396 e. The first-order valence-electron chi connectivity index (χ1n) is 6.94. The Morgan fingerprint density at radius 3 is 1.58 bits per heavy atom. The summed E-state index contributed by atoms with van der Waals surface area (Å²) in [7, 11) is 0. The molecule has 1 nitrogen and oxygen atoms in total. The van der Waals surface area contributed by atoms with Gasteiger partial charge in [-0.2, -0.15) is 0 Å². The summed E-state index contributed by atoms with van der Waals surface area (Å²) in [5.41, 5.74) is 2.64. The molecule has 0 unspecified atom stereocenters. The third-order valence-corrected chi connectivity index (χ3v) is 4.03. The standard InChI is InChI=1S/C18H22O/c1-14(13-19)15(2)18(16-9-5-3-6-10-16)17-11-7-4-8-12-17/h3-12,14-15,18-19H,13H2,1-2H3/t14-,15-/m1/s1. The molecule has 1 N–H and O–H groups in total. The van der Waals surface area contributed by atoms with Crippen LogP contribution in [0.15, 0.2) is 60.7 Å². The van der Waals surface area contributed by atoms with Crippen LogP contribution in [-0.4, -0.2) is 11.7 Å². The summed E-state index contributed by atoms with van der Waals surface area (Å²) in [6.45, 7) is 4.58. The molecule has 0 amide bonds. The molecule has 0 aliphatic carbocycles. The topological polar surface area (TPSA) is 20.2 Å². The summed E-state index contributed by atoms with van der Waals surface area (Å²) < 4.78 is 0. The summed E-state index contributed by atoms with van der Waals surface area (Å²) in [5.74, 6) is 1.02. The van der Waals surface area contributed by atoms with E-state index < -0.39 is 0 Å². The van der Waals surface area contributed by atoms with Crippen LogP contribution in [0.5, 0.6) is 0 Å². The average molecular weight is 254 g/mol. The maximum absolute atomic E-state index is 9.45. The molecule has 1 heteroatoms. The second-order valence-corrected chi connectivity index (χ2v) is 5.32. The predicted molar refractivity (Wildman–Crippen MR) is 80.1 cm³/mol. The second kappa shape index (κ2) is 6.53. The minimum atomic E-state index is 0.233. The molecule has 0 aromatic heterocycles. The minimum absolute atomic E-state index is 0.233. The van der Waals surface area contributed by atoms with Gasteiger partial charge >= 0.3 is 0 Å². The first-order chi connectivity index (χ1) is 9.24. The lowest BCUT2D eigenvalue weighted by molar-refractivity contribution is 0.187. The molecule has 19 heavy (non-hydrogen) atoms. The predicted octanol–water partition coefficient (Wildman–Crippen LogP) is 4.08. The molecule has 0 heterocycles. The fourth-order valence-corrected chi connectivity index (χ4v) is 2.62. The number of aliphatic hydroxyl groups is 1. The molecule has 2 aromatic carbocycles. The van der Waals surface area contributed by atoms with Gasteiger partial charge in [0.15, 0.2) is 0 Å². The van der Waals surface area contributed by atoms with Gasteiger partial charge < -0.3 is 5.11 Å². The van der Waals surface area contributed by atoms with Crippen LogP contribution in [0.4, 0.5) is 0 Å². The highest BCUT2D eigenvalue weighted by Crippen LogP contribution is 2.35. The molecule has 0 fully saturated rings. The fraction of sp³-hybridized carbons (Fsp3) is 0.333. The normalized spacial score (nSPS) is 14.3. The Morgan fingerprint density at radius 1 is 0.789 bits per heavy atom. The first-order valence-corrected chi connectivity index (χ1v) is 6.94. The molecule has 100 valence electrons. The summed E-state index contributed by atoms with van der Waals surface area (Å²) in [4.78, 5) is 0. The van der Waals surface area contributed by atoms with Gasteiger partial charge in [0.1, 0.15) is 0 Å². The van der Waals surface area contributed by atoms with Crippen molar-refractivity contribution in [2.24, 2.45) is 11.8 Å². The van der Waals surface area contributed by atoms with E-state index in [9.17, 15) is 5.11 Å². The Labute approximate surface area is 115 Å². The second-order valence-electron chi connectivity index (χ2n) is 5.32. The summed E-state index contributed by atoms with van der Waals surface area (Å²) >= 11 is 0. The highest BCUT2D eigenvalue weighted by molar-refractivity contribution is 5.33. The summed E-state index contributed by atoms with van der Waals surface area (Å²) in [6.07, 6.45) is 0. The van der Waals surface area contributed by atoms with Crippen molar-refractivity contribution in [1.82, 2.24) is 0 Å². The van der Waals surface area contributed by atoms with E-state index in [1.54, 1.807) is 0 Å². The Balaban J connectivity index is 2.40. The van der Waals surface area contributed by atoms with E-state index in [0.717, 1.165) is 0 Å². The van der Waals surface area contributed by atoms with Crippen LogP contribution in [0.3, 0.4) is 0 Å². The van der Waals surface area contributed by atoms with E-state index in [4.69, 9.17) is 0 Å². The van der Waals surface area contributed by atoms with Crippen molar-refractivity contribution in [1.29, 1.82) is 0 Å². The molecule has 0 radical (unpaired) electrons. The smallest absolute Gasteiger partial charge is 0.0459 e. The molecule has 2 aromatic rings. The van der Waals surface area contributed by atoms with Crippen molar-refractivity contribution in [2.45, 2.75) is 19.8 Å². The van der Waals surface area contributed by atoms with Crippen LogP contribution < -0.4 is 0 Å². The molecule has 0 spiro atoms. The van der Waals surface area contributed by atoms with E-state index in [2.05, 4.69) is 62.4 Å².